The highest BCUT2D eigenvalue weighted by Gasteiger charge is 2.22. The van der Waals surface area contributed by atoms with Crippen molar-refractivity contribution in [2.75, 3.05) is 18.9 Å². The first-order valence-electron chi connectivity index (χ1n) is 6.88. The highest BCUT2D eigenvalue weighted by Crippen LogP contribution is 2.28. The Morgan fingerprint density at radius 2 is 2.05 bits per heavy atom. The number of para-hydroxylation sites is 1. The van der Waals surface area contributed by atoms with Crippen LogP contribution in [0.2, 0.25) is 0 Å². The van der Waals surface area contributed by atoms with Gasteiger partial charge in [-0.3, -0.25) is 4.79 Å². The second-order valence-electron chi connectivity index (χ2n) is 4.51. The summed E-state index contributed by atoms with van der Waals surface area (Å²) in [7, 11) is 0. The summed E-state index contributed by atoms with van der Waals surface area (Å²) in [4.78, 5) is 14.5. The van der Waals surface area contributed by atoms with E-state index in [1.165, 1.54) is 0 Å². The highest BCUT2D eigenvalue weighted by atomic mass is 16.5. The molecule has 1 rings (SSSR count). The van der Waals surface area contributed by atoms with Crippen molar-refractivity contribution in [2.24, 2.45) is 0 Å². The Morgan fingerprint density at radius 1 is 1.37 bits per heavy atom. The topological polar surface area (TPSA) is 55.6 Å². The zero-order valence-electron chi connectivity index (χ0n) is 12.3. The molecule has 1 atom stereocenters. The molecule has 0 heterocycles. The maximum atomic E-state index is 12.6. The number of nitrogens with zero attached hydrogens (tertiary/aromatic N) is 1. The number of ether oxygens (including phenoxy) is 1. The van der Waals surface area contributed by atoms with Crippen molar-refractivity contribution < 1.29 is 9.53 Å². The van der Waals surface area contributed by atoms with Crippen molar-refractivity contribution >= 4 is 11.6 Å². The van der Waals surface area contributed by atoms with Crippen LogP contribution in [0.4, 0.5) is 5.69 Å². The maximum Gasteiger partial charge on any atom is 0.257 e. The van der Waals surface area contributed by atoms with Crippen molar-refractivity contribution in [3.05, 3.63) is 23.8 Å². The van der Waals surface area contributed by atoms with Crippen molar-refractivity contribution in [1.29, 1.82) is 0 Å². The number of carbonyl (C=O) groups is 1. The van der Waals surface area contributed by atoms with Gasteiger partial charge in [-0.25, -0.2) is 0 Å². The fourth-order valence-electron chi connectivity index (χ4n) is 2.06. The molecule has 4 heteroatoms. The van der Waals surface area contributed by atoms with Gasteiger partial charge in [-0.15, -0.1) is 0 Å². The summed E-state index contributed by atoms with van der Waals surface area (Å²) in [5.41, 5.74) is 6.95. The van der Waals surface area contributed by atoms with Crippen LogP contribution >= 0.6 is 0 Å². The third kappa shape index (κ3) is 3.40. The Balaban J connectivity index is 3.14. The van der Waals surface area contributed by atoms with Crippen molar-refractivity contribution in [2.45, 2.75) is 40.2 Å². The number of anilines is 1. The van der Waals surface area contributed by atoms with E-state index in [2.05, 4.69) is 6.92 Å². The molecule has 19 heavy (non-hydrogen) atoms. The van der Waals surface area contributed by atoms with Gasteiger partial charge in [0, 0.05) is 12.6 Å². The molecule has 1 aromatic rings. The summed E-state index contributed by atoms with van der Waals surface area (Å²) < 4.78 is 5.52. The molecule has 0 saturated heterocycles. The van der Waals surface area contributed by atoms with Crippen LogP contribution in [0, 0.1) is 0 Å². The Labute approximate surface area is 115 Å². The Bertz CT molecular complexity index is 432. The van der Waals surface area contributed by atoms with Gasteiger partial charge in [-0.2, -0.15) is 0 Å². The molecule has 0 aliphatic carbocycles. The minimum Gasteiger partial charge on any atom is -0.491 e. The fourth-order valence-corrected chi connectivity index (χ4v) is 2.06. The third-order valence-electron chi connectivity index (χ3n) is 3.29. The van der Waals surface area contributed by atoms with E-state index < -0.39 is 0 Å². The minimum absolute atomic E-state index is 0.0207. The van der Waals surface area contributed by atoms with E-state index in [1.807, 2.05) is 25.7 Å². The summed E-state index contributed by atoms with van der Waals surface area (Å²) in [5, 5.41) is 0. The summed E-state index contributed by atoms with van der Waals surface area (Å²) in [6.45, 7) is 9.15. The smallest absolute Gasteiger partial charge is 0.257 e. The molecule has 106 valence electrons. The lowest BCUT2D eigenvalue weighted by Crippen LogP contribution is -2.38. The number of nitrogen functional groups attached to an aromatic ring is 1. The lowest BCUT2D eigenvalue weighted by Gasteiger charge is -2.28. The molecule has 0 spiro atoms. The molecule has 0 aliphatic rings. The number of amides is 1. The molecule has 1 unspecified atom stereocenters. The van der Waals surface area contributed by atoms with Crippen LogP contribution in [-0.4, -0.2) is 30.0 Å². The first kappa shape index (κ1) is 15.3. The Morgan fingerprint density at radius 3 is 2.58 bits per heavy atom. The molecule has 1 amide bonds. The van der Waals surface area contributed by atoms with Gasteiger partial charge in [0.2, 0.25) is 0 Å². The van der Waals surface area contributed by atoms with Gasteiger partial charge in [0.25, 0.3) is 5.91 Å². The van der Waals surface area contributed by atoms with Crippen LogP contribution in [-0.2, 0) is 0 Å². The normalized spacial score (nSPS) is 12.0. The van der Waals surface area contributed by atoms with Crippen LogP contribution < -0.4 is 10.5 Å². The molecule has 2 N–H and O–H groups in total. The zero-order chi connectivity index (χ0) is 14.4. The second-order valence-corrected chi connectivity index (χ2v) is 4.51. The number of hydrogen-bond donors (Lipinski definition) is 1. The number of nitrogens with two attached hydrogens (primary N) is 1. The average Bonchev–Trinajstić information content (AvgIpc) is 2.41. The van der Waals surface area contributed by atoms with Gasteiger partial charge in [0.1, 0.15) is 0 Å². The average molecular weight is 264 g/mol. The van der Waals surface area contributed by atoms with Gasteiger partial charge in [-0.1, -0.05) is 13.0 Å². The Hall–Kier alpha value is -1.71. The van der Waals surface area contributed by atoms with Crippen LogP contribution in [0.25, 0.3) is 0 Å². The minimum atomic E-state index is -0.0207. The molecule has 0 fully saturated rings. The molecular formula is C15H24N2O2. The van der Waals surface area contributed by atoms with Gasteiger partial charge in [0.15, 0.2) is 5.75 Å². The van der Waals surface area contributed by atoms with Crippen LogP contribution in [0.5, 0.6) is 5.75 Å². The van der Waals surface area contributed by atoms with E-state index in [4.69, 9.17) is 10.5 Å². The van der Waals surface area contributed by atoms with Crippen LogP contribution in [0.1, 0.15) is 44.5 Å². The van der Waals surface area contributed by atoms with E-state index in [0.717, 1.165) is 6.42 Å². The first-order valence-corrected chi connectivity index (χ1v) is 6.88. The molecule has 0 radical (unpaired) electrons. The number of hydrogen-bond acceptors (Lipinski definition) is 3. The number of carbonyl (C=O) groups excluding carboxylic acids is 1. The summed E-state index contributed by atoms with van der Waals surface area (Å²) >= 11 is 0. The molecule has 0 saturated carbocycles. The summed E-state index contributed by atoms with van der Waals surface area (Å²) in [6.07, 6.45) is 0.922. The predicted molar refractivity (Wildman–Crippen MR) is 78.5 cm³/mol. The molecule has 0 bridgehead atoms. The van der Waals surface area contributed by atoms with Crippen LogP contribution in [0.3, 0.4) is 0 Å². The molecular weight excluding hydrogens is 240 g/mol. The van der Waals surface area contributed by atoms with Gasteiger partial charge in [0.05, 0.1) is 17.9 Å². The summed E-state index contributed by atoms with van der Waals surface area (Å²) in [5.74, 6) is 0.476. The van der Waals surface area contributed by atoms with Crippen molar-refractivity contribution in [1.82, 2.24) is 4.90 Å². The maximum absolute atomic E-state index is 12.6. The van der Waals surface area contributed by atoms with Crippen molar-refractivity contribution in [3.8, 4) is 5.75 Å². The Kier molecular flexibility index (Phi) is 5.67. The van der Waals surface area contributed by atoms with E-state index in [-0.39, 0.29) is 11.9 Å². The van der Waals surface area contributed by atoms with Crippen molar-refractivity contribution in [3.63, 3.8) is 0 Å². The summed E-state index contributed by atoms with van der Waals surface area (Å²) in [6, 6.07) is 5.51. The molecule has 4 nitrogen and oxygen atoms in total. The van der Waals surface area contributed by atoms with E-state index in [9.17, 15) is 4.79 Å². The monoisotopic (exact) mass is 264 g/mol. The van der Waals surface area contributed by atoms with E-state index in [0.29, 0.717) is 30.2 Å². The predicted octanol–water partition coefficient (Wildman–Crippen LogP) is 2.93. The number of benzene rings is 1. The van der Waals surface area contributed by atoms with Gasteiger partial charge >= 0.3 is 0 Å². The number of rotatable bonds is 6. The van der Waals surface area contributed by atoms with E-state index in [1.54, 1.807) is 18.2 Å². The van der Waals surface area contributed by atoms with E-state index >= 15 is 0 Å². The fraction of sp³-hybridized carbons (Fsp3) is 0.533. The standard InChI is InChI=1S/C15H24N2O2/c1-5-11(4)17(6-2)15(18)12-9-8-10-13(16)14(12)19-7-3/h8-11H,5-7,16H2,1-4H3. The molecule has 0 aliphatic heterocycles. The third-order valence-corrected chi connectivity index (χ3v) is 3.29. The molecule has 0 aromatic heterocycles. The van der Waals surface area contributed by atoms with Gasteiger partial charge < -0.3 is 15.4 Å². The largest absolute Gasteiger partial charge is 0.491 e. The highest BCUT2D eigenvalue weighted by molar-refractivity contribution is 5.98. The lowest BCUT2D eigenvalue weighted by atomic mass is 10.1. The first-order chi connectivity index (χ1) is 9.06. The van der Waals surface area contributed by atoms with Crippen LogP contribution in [0.15, 0.2) is 18.2 Å². The second kappa shape index (κ2) is 7.02. The zero-order valence-corrected chi connectivity index (χ0v) is 12.3. The molecule has 1 aromatic carbocycles. The van der Waals surface area contributed by atoms with Gasteiger partial charge in [-0.05, 0) is 39.3 Å². The SMILES string of the molecule is CCOc1c(N)cccc1C(=O)N(CC)C(C)CC. The quantitative estimate of drug-likeness (QED) is 0.804. The lowest BCUT2D eigenvalue weighted by molar-refractivity contribution is 0.0696.